The lowest BCUT2D eigenvalue weighted by molar-refractivity contribution is -0.138. The number of carbonyl (C=O) groups excluding carboxylic acids is 2. The van der Waals surface area contributed by atoms with Gasteiger partial charge in [-0.1, -0.05) is 63.3 Å². The summed E-state index contributed by atoms with van der Waals surface area (Å²) in [6, 6.07) is 8.79. The molecular weight excluding hydrogens is 316 g/mol. The van der Waals surface area contributed by atoms with Gasteiger partial charge in [-0.3, -0.25) is 0 Å². The number of carbonyl (C=O) groups is 2. The molecule has 0 aromatic heterocycles. The zero-order valence-corrected chi connectivity index (χ0v) is 15.1. The van der Waals surface area contributed by atoms with Gasteiger partial charge in [0.15, 0.2) is 0 Å². The summed E-state index contributed by atoms with van der Waals surface area (Å²) >= 11 is 0. The van der Waals surface area contributed by atoms with Crippen molar-refractivity contribution in [3.8, 4) is 0 Å². The average molecular weight is 342 g/mol. The van der Waals surface area contributed by atoms with Crippen LogP contribution in [0.15, 0.2) is 66.3 Å². The second-order valence-corrected chi connectivity index (χ2v) is 5.22. The van der Waals surface area contributed by atoms with Crippen molar-refractivity contribution in [3.63, 3.8) is 0 Å². The SMILES string of the molecule is CC.CC1C=CC=C(C(=O)OCCCOC(=O)c2ccccc2)C=C1. The maximum atomic E-state index is 11.9. The number of hydrogen-bond donors (Lipinski definition) is 0. The molecule has 0 fully saturated rings. The molecule has 0 amide bonds. The van der Waals surface area contributed by atoms with E-state index in [2.05, 4.69) is 0 Å². The summed E-state index contributed by atoms with van der Waals surface area (Å²) in [5, 5.41) is 0. The van der Waals surface area contributed by atoms with Crippen LogP contribution in [0.3, 0.4) is 0 Å². The number of ether oxygens (including phenoxy) is 2. The van der Waals surface area contributed by atoms with Gasteiger partial charge in [-0.15, -0.1) is 0 Å². The number of esters is 2. The van der Waals surface area contributed by atoms with Crippen LogP contribution in [-0.2, 0) is 14.3 Å². The smallest absolute Gasteiger partial charge is 0.338 e. The maximum Gasteiger partial charge on any atom is 0.338 e. The molecule has 1 aromatic carbocycles. The van der Waals surface area contributed by atoms with E-state index in [0.29, 0.717) is 23.5 Å². The second kappa shape index (κ2) is 11.8. The van der Waals surface area contributed by atoms with Gasteiger partial charge >= 0.3 is 11.9 Å². The molecule has 0 spiro atoms. The Bertz CT molecular complexity index is 627. The van der Waals surface area contributed by atoms with Gasteiger partial charge in [-0.25, -0.2) is 9.59 Å². The molecule has 0 saturated heterocycles. The molecule has 0 heterocycles. The van der Waals surface area contributed by atoms with Crippen molar-refractivity contribution in [1.82, 2.24) is 0 Å². The lowest BCUT2D eigenvalue weighted by Crippen LogP contribution is -2.11. The lowest BCUT2D eigenvalue weighted by Gasteiger charge is -2.06. The molecular formula is C21H26O4. The Morgan fingerprint density at radius 3 is 2.28 bits per heavy atom. The molecule has 1 aliphatic carbocycles. The summed E-state index contributed by atoms with van der Waals surface area (Å²) < 4.78 is 10.3. The molecule has 2 rings (SSSR count). The van der Waals surface area contributed by atoms with Crippen molar-refractivity contribution in [1.29, 1.82) is 0 Å². The Morgan fingerprint density at radius 1 is 0.960 bits per heavy atom. The molecule has 1 unspecified atom stereocenters. The van der Waals surface area contributed by atoms with Crippen LogP contribution >= 0.6 is 0 Å². The van der Waals surface area contributed by atoms with Gasteiger partial charge in [0.25, 0.3) is 0 Å². The van der Waals surface area contributed by atoms with Crippen LogP contribution in [0.25, 0.3) is 0 Å². The number of rotatable bonds is 6. The summed E-state index contributed by atoms with van der Waals surface area (Å²) in [4.78, 5) is 23.6. The van der Waals surface area contributed by atoms with Crippen LogP contribution in [-0.4, -0.2) is 25.2 Å². The molecule has 1 atom stereocenters. The monoisotopic (exact) mass is 342 g/mol. The van der Waals surface area contributed by atoms with Crippen molar-refractivity contribution < 1.29 is 19.1 Å². The highest BCUT2D eigenvalue weighted by Crippen LogP contribution is 2.11. The van der Waals surface area contributed by atoms with Crippen LogP contribution in [0.1, 0.15) is 37.6 Å². The molecule has 0 aliphatic heterocycles. The van der Waals surface area contributed by atoms with E-state index in [1.807, 2.05) is 45.1 Å². The lowest BCUT2D eigenvalue weighted by atomic mass is 10.1. The molecule has 0 N–H and O–H groups in total. The van der Waals surface area contributed by atoms with E-state index in [-0.39, 0.29) is 25.2 Å². The minimum atomic E-state index is -0.370. The van der Waals surface area contributed by atoms with Gasteiger partial charge in [-0.05, 0) is 24.1 Å². The Hall–Kier alpha value is -2.62. The Kier molecular flexibility index (Phi) is 9.68. The summed E-state index contributed by atoms with van der Waals surface area (Å²) in [7, 11) is 0. The first-order valence-corrected chi connectivity index (χ1v) is 8.63. The van der Waals surface area contributed by atoms with Crippen molar-refractivity contribution in [2.45, 2.75) is 27.2 Å². The van der Waals surface area contributed by atoms with E-state index >= 15 is 0 Å². The number of hydrogen-bond acceptors (Lipinski definition) is 4. The average Bonchev–Trinajstić information content (AvgIpc) is 2.88. The van der Waals surface area contributed by atoms with Crippen LogP contribution in [0.2, 0.25) is 0 Å². The third-order valence-corrected chi connectivity index (χ3v) is 3.27. The minimum absolute atomic E-state index is 0.214. The van der Waals surface area contributed by atoms with E-state index < -0.39 is 0 Å². The first-order valence-electron chi connectivity index (χ1n) is 8.63. The van der Waals surface area contributed by atoms with E-state index in [1.54, 1.807) is 36.4 Å². The Labute approximate surface area is 149 Å². The minimum Gasteiger partial charge on any atom is -0.462 e. The summed E-state index contributed by atoms with van der Waals surface area (Å²) in [6.07, 6.45) is 9.76. The molecule has 25 heavy (non-hydrogen) atoms. The first-order chi connectivity index (χ1) is 12.2. The highest BCUT2D eigenvalue weighted by Gasteiger charge is 2.10. The molecule has 134 valence electrons. The van der Waals surface area contributed by atoms with Gasteiger partial charge in [0.2, 0.25) is 0 Å². The van der Waals surface area contributed by atoms with E-state index in [0.717, 1.165) is 0 Å². The van der Waals surface area contributed by atoms with Crippen molar-refractivity contribution >= 4 is 11.9 Å². The molecule has 4 nitrogen and oxygen atoms in total. The third-order valence-electron chi connectivity index (χ3n) is 3.27. The van der Waals surface area contributed by atoms with Gasteiger partial charge in [0.05, 0.1) is 24.4 Å². The normalized spacial score (nSPS) is 15.3. The molecule has 1 aromatic rings. The van der Waals surface area contributed by atoms with Gasteiger partial charge in [-0.2, -0.15) is 0 Å². The predicted octanol–water partition coefficient (Wildman–Crippen LogP) is 4.49. The predicted molar refractivity (Wildman–Crippen MR) is 99.2 cm³/mol. The highest BCUT2D eigenvalue weighted by atomic mass is 16.5. The van der Waals surface area contributed by atoms with Crippen molar-refractivity contribution in [2.24, 2.45) is 5.92 Å². The fourth-order valence-electron chi connectivity index (χ4n) is 1.98. The van der Waals surface area contributed by atoms with Gasteiger partial charge in [0.1, 0.15) is 0 Å². The summed E-state index contributed by atoms with van der Waals surface area (Å²) in [5.41, 5.74) is 1.03. The maximum absolute atomic E-state index is 11.9. The second-order valence-electron chi connectivity index (χ2n) is 5.22. The zero-order valence-electron chi connectivity index (χ0n) is 15.1. The topological polar surface area (TPSA) is 52.6 Å². The van der Waals surface area contributed by atoms with E-state index in [4.69, 9.17) is 9.47 Å². The Morgan fingerprint density at radius 2 is 1.60 bits per heavy atom. The van der Waals surface area contributed by atoms with Crippen molar-refractivity contribution in [2.75, 3.05) is 13.2 Å². The van der Waals surface area contributed by atoms with Gasteiger partial charge in [0, 0.05) is 6.42 Å². The summed E-state index contributed by atoms with van der Waals surface area (Å²) in [6.45, 7) is 6.47. The van der Waals surface area contributed by atoms with Gasteiger partial charge < -0.3 is 9.47 Å². The molecule has 1 aliphatic rings. The van der Waals surface area contributed by atoms with Crippen molar-refractivity contribution in [3.05, 3.63) is 71.8 Å². The number of benzene rings is 1. The zero-order chi connectivity index (χ0) is 18.5. The molecule has 0 radical (unpaired) electrons. The number of allylic oxidation sites excluding steroid dienone is 4. The van der Waals surface area contributed by atoms with Crippen LogP contribution in [0.5, 0.6) is 0 Å². The third kappa shape index (κ3) is 7.66. The fraction of sp³-hybridized carbons (Fsp3) is 0.333. The fourth-order valence-corrected chi connectivity index (χ4v) is 1.98. The first kappa shape index (κ1) is 20.4. The highest BCUT2D eigenvalue weighted by molar-refractivity contribution is 5.92. The largest absolute Gasteiger partial charge is 0.462 e. The Balaban J connectivity index is 0.00000151. The van der Waals surface area contributed by atoms with E-state index in [9.17, 15) is 9.59 Å². The standard InChI is InChI=1S/C19H20O4.C2H6/c1-15-7-5-10-17(12-11-15)19(21)23-14-6-13-22-18(20)16-8-3-2-4-9-16;1-2/h2-5,7-12,15H,6,13-14H2,1H3;1-2H3. The van der Waals surface area contributed by atoms with Crippen LogP contribution in [0, 0.1) is 5.92 Å². The molecule has 4 heteroatoms. The van der Waals surface area contributed by atoms with Crippen LogP contribution in [0.4, 0.5) is 0 Å². The quantitative estimate of drug-likeness (QED) is 0.564. The summed E-state index contributed by atoms with van der Waals surface area (Å²) in [5.74, 6) is -0.436. The van der Waals surface area contributed by atoms with Crippen LogP contribution < -0.4 is 0 Å². The molecule has 0 saturated carbocycles. The molecule has 0 bridgehead atoms. The van der Waals surface area contributed by atoms with E-state index in [1.165, 1.54) is 0 Å².